The Labute approximate surface area is 129 Å². The van der Waals surface area contributed by atoms with Crippen molar-refractivity contribution in [3.05, 3.63) is 24.4 Å². The van der Waals surface area contributed by atoms with Gasteiger partial charge in [-0.25, -0.2) is 4.98 Å². The molecular formula is C17H30N4. The maximum Gasteiger partial charge on any atom is 0.128 e. The molecule has 1 aliphatic rings. The summed E-state index contributed by atoms with van der Waals surface area (Å²) in [6, 6.07) is 6.15. The van der Waals surface area contributed by atoms with Crippen molar-refractivity contribution in [2.75, 3.05) is 44.2 Å². The van der Waals surface area contributed by atoms with E-state index in [1.54, 1.807) is 0 Å². The highest BCUT2D eigenvalue weighted by atomic mass is 15.3. The van der Waals surface area contributed by atoms with Gasteiger partial charge in [0.15, 0.2) is 0 Å². The van der Waals surface area contributed by atoms with Crippen molar-refractivity contribution in [3.8, 4) is 0 Å². The fourth-order valence-corrected chi connectivity index (χ4v) is 3.13. The minimum Gasteiger partial charge on any atom is -0.354 e. The Morgan fingerprint density at radius 3 is 2.62 bits per heavy atom. The van der Waals surface area contributed by atoms with Crippen LogP contribution in [0.4, 0.5) is 5.82 Å². The van der Waals surface area contributed by atoms with Gasteiger partial charge in [0.25, 0.3) is 0 Å². The number of piperazine rings is 1. The monoisotopic (exact) mass is 290 g/mol. The second kappa shape index (κ2) is 9.00. The molecule has 2 rings (SSSR count). The van der Waals surface area contributed by atoms with Gasteiger partial charge in [0.2, 0.25) is 0 Å². The quantitative estimate of drug-likeness (QED) is 0.798. The van der Waals surface area contributed by atoms with Crippen molar-refractivity contribution >= 4 is 5.82 Å². The van der Waals surface area contributed by atoms with Gasteiger partial charge < -0.3 is 10.6 Å². The van der Waals surface area contributed by atoms with E-state index in [1.165, 1.54) is 32.2 Å². The average molecular weight is 290 g/mol. The first-order chi connectivity index (χ1) is 10.3. The van der Waals surface area contributed by atoms with Gasteiger partial charge in [0, 0.05) is 32.4 Å². The highest BCUT2D eigenvalue weighted by molar-refractivity contribution is 5.38. The van der Waals surface area contributed by atoms with E-state index < -0.39 is 0 Å². The summed E-state index contributed by atoms with van der Waals surface area (Å²) in [5.74, 6) is 1.94. The zero-order chi connectivity index (χ0) is 14.9. The van der Waals surface area contributed by atoms with Crippen LogP contribution >= 0.6 is 0 Å². The molecule has 0 saturated carbocycles. The molecule has 0 radical (unpaired) electrons. The SMILES string of the molecule is CCC(CCN)CCCN1CCN(c2ccccn2)CC1. The molecule has 118 valence electrons. The van der Waals surface area contributed by atoms with Crippen LogP contribution < -0.4 is 10.6 Å². The molecule has 0 aromatic carbocycles. The summed E-state index contributed by atoms with van der Waals surface area (Å²) in [5, 5.41) is 0. The first kappa shape index (κ1) is 16.2. The molecule has 1 atom stereocenters. The predicted molar refractivity (Wildman–Crippen MR) is 89.6 cm³/mol. The minimum atomic E-state index is 0.824. The number of aromatic nitrogens is 1. The molecule has 1 saturated heterocycles. The van der Waals surface area contributed by atoms with Crippen LogP contribution in [0.15, 0.2) is 24.4 Å². The first-order valence-corrected chi connectivity index (χ1v) is 8.42. The number of hydrogen-bond donors (Lipinski definition) is 1. The van der Waals surface area contributed by atoms with Crippen molar-refractivity contribution in [1.29, 1.82) is 0 Å². The fraction of sp³-hybridized carbons (Fsp3) is 0.706. The molecule has 2 heterocycles. The Bertz CT molecular complexity index is 374. The average Bonchev–Trinajstić information content (AvgIpc) is 2.55. The van der Waals surface area contributed by atoms with Gasteiger partial charge >= 0.3 is 0 Å². The van der Waals surface area contributed by atoms with Gasteiger partial charge in [-0.3, -0.25) is 4.90 Å². The minimum absolute atomic E-state index is 0.824. The molecule has 0 aliphatic carbocycles. The van der Waals surface area contributed by atoms with Crippen molar-refractivity contribution in [3.63, 3.8) is 0 Å². The third kappa shape index (κ3) is 5.29. The van der Waals surface area contributed by atoms with E-state index in [0.717, 1.165) is 44.5 Å². The summed E-state index contributed by atoms with van der Waals surface area (Å²) in [4.78, 5) is 9.42. The smallest absolute Gasteiger partial charge is 0.128 e. The van der Waals surface area contributed by atoms with E-state index in [2.05, 4.69) is 33.8 Å². The number of pyridine rings is 1. The third-order valence-electron chi connectivity index (χ3n) is 4.58. The molecule has 1 aliphatic heterocycles. The van der Waals surface area contributed by atoms with Gasteiger partial charge in [0.05, 0.1) is 0 Å². The van der Waals surface area contributed by atoms with Gasteiger partial charge in [-0.15, -0.1) is 0 Å². The molecular weight excluding hydrogens is 260 g/mol. The highest BCUT2D eigenvalue weighted by Crippen LogP contribution is 2.16. The van der Waals surface area contributed by atoms with Gasteiger partial charge in [-0.1, -0.05) is 19.4 Å². The van der Waals surface area contributed by atoms with Gasteiger partial charge in [-0.05, 0) is 50.4 Å². The van der Waals surface area contributed by atoms with Crippen molar-refractivity contribution in [2.24, 2.45) is 11.7 Å². The Kier molecular flexibility index (Phi) is 6.96. The Morgan fingerprint density at radius 2 is 2.00 bits per heavy atom. The van der Waals surface area contributed by atoms with Crippen LogP contribution in [0.2, 0.25) is 0 Å². The molecule has 0 amide bonds. The lowest BCUT2D eigenvalue weighted by Gasteiger charge is -2.35. The van der Waals surface area contributed by atoms with Crippen LogP contribution in [0.1, 0.15) is 32.6 Å². The molecule has 0 bridgehead atoms. The van der Waals surface area contributed by atoms with E-state index in [-0.39, 0.29) is 0 Å². The normalized spacial score (nSPS) is 17.9. The Balaban J connectivity index is 1.65. The molecule has 4 nitrogen and oxygen atoms in total. The molecule has 1 fully saturated rings. The Hall–Kier alpha value is -1.13. The Morgan fingerprint density at radius 1 is 1.19 bits per heavy atom. The lowest BCUT2D eigenvalue weighted by atomic mass is 9.96. The number of anilines is 1. The third-order valence-corrected chi connectivity index (χ3v) is 4.58. The van der Waals surface area contributed by atoms with Crippen LogP contribution in [0.25, 0.3) is 0 Å². The molecule has 21 heavy (non-hydrogen) atoms. The van der Waals surface area contributed by atoms with Crippen molar-refractivity contribution < 1.29 is 0 Å². The molecule has 4 heteroatoms. The number of hydrogen-bond acceptors (Lipinski definition) is 4. The lowest BCUT2D eigenvalue weighted by molar-refractivity contribution is 0.244. The number of nitrogens with zero attached hydrogens (tertiary/aromatic N) is 3. The number of rotatable bonds is 8. The summed E-state index contributed by atoms with van der Waals surface area (Å²) in [6.07, 6.45) is 6.97. The predicted octanol–water partition coefficient (Wildman–Crippen LogP) is 2.36. The van der Waals surface area contributed by atoms with Crippen LogP contribution in [-0.2, 0) is 0 Å². The van der Waals surface area contributed by atoms with Crippen LogP contribution in [0.5, 0.6) is 0 Å². The van der Waals surface area contributed by atoms with Crippen molar-refractivity contribution in [1.82, 2.24) is 9.88 Å². The standard InChI is InChI=1S/C17H30N4/c1-2-16(8-9-18)6-5-11-20-12-14-21(15-13-20)17-7-3-4-10-19-17/h3-4,7,10,16H,2,5-6,8-9,11-15,18H2,1H3. The summed E-state index contributed by atoms with van der Waals surface area (Å²) < 4.78 is 0. The van der Waals surface area contributed by atoms with E-state index in [4.69, 9.17) is 5.73 Å². The zero-order valence-corrected chi connectivity index (χ0v) is 13.4. The summed E-state index contributed by atoms with van der Waals surface area (Å²) >= 11 is 0. The molecule has 1 aromatic heterocycles. The molecule has 0 spiro atoms. The first-order valence-electron chi connectivity index (χ1n) is 8.42. The summed E-state index contributed by atoms with van der Waals surface area (Å²) in [6.45, 7) is 8.85. The van der Waals surface area contributed by atoms with E-state index in [0.29, 0.717) is 0 Å². The van der Waals surface area contributed by atoms with Crippen LogP contribution in [0.3, 0.4) is 0 Å². The van der Waals surface area contributed by atoms with E-state index >= 15 is 0 Å². The molecule has 1 aromatic rings. The maximum atomic E-state index is 5.67. The largest absolute Gasteiger partial charge is 0.354 e. The molecule has 1 unspecified atom stereocenters. The fourth-order valence-electron chi connectivity index (χ4n) is 3.13. The molecule has 2 N–H and O–H groups in total. The van der Waals surface area contributed by atoms with Gasteiger partial charge in [-0.2, -0.15) is 0 Å². The van der Waals surface area contributed by atoms with Crippen molar-refractivity contribution in [2.45, 2.75) is 32.6 Å². The lowest BCUT2D eigenvalue weighted by Crippen LogP contribution is -2.46. The van der Waals surface area contributed by atoms with Gasteiger partial charge in [0.1, 0.15) is 5.82 Å². The summed E-state index contributed by atoms with van der Waals surface area (Å²) in [5.41, 5.74) is 5.67. The second-order valence-electron chi connectivity index (χ2n) is 6.01. The topological polar surface area (TPSA) is 45.4 Å². The highest BCUT2D eigenvalue weighted by Gasteiger charge is 2.17. The van der Waals surface area contributed by atoms with Crippen LogP contribution in [0, 0.1) is 5.92 Å². The van der Waals surface area contributed by atoms with Crippen LogP contribution in [-0.4, -0.2) is 49.2 Å². The van der Waals surface area contributed by atoms with E-state index in [9.17, 15) is 0 Å². The zero-order valence-electron chi connectivity index (χ0n) is 13.4. The second-order valence-corrected chi connectivity index (χ2v) is 6.01. The summed E-state index contributed by atoms with van der Waals surface area (Å²) in [7, 11) is 0. The maximum absolute atomic E-state index is 5.67. The number of nitrogens with two attached hydrogens (primary N) is 1. The van der Waals surface area contributed by atoms with E-state index in [1.807, 2.05) is 12.3 Å².